The summed E-state index contributed by atoms with van der Waals surface area (Å²) in [6.45, 7) is 0. The Morgan fingerprint density at radius 1 is 1.70 bits per heavy atom. The van der Waals surface area contributed by atoms with Crippen LogP contribution in [0.2, 0.25) is 0 Å². The van der Waals surface area contributed by atoms with E-state index in [1.54, 1.807) is 18.3 Å². The van der Waals surface area contributed by atoms with Crippen LogP contribution in [0.1, 0.15) is 10.4 Å². The van der Waals surface area contributed by atoms with Crippen LogP contribution in [0.25, 0.3) is 0 Å². The Hall–Kier alpha value is -0.861. The molecule has 1 heterocycles. The molecule has 0 aliphatic carbocycles. The number of nitrogens with two attached hydrogens (primary N) is 1. The van der Waals surface area contributed by atoms with E-state index >= 15 is 0 Å². The third kappa shape index (κ3) is 1.35. The summed E-state index contributed by atoms with van der Waals surface area (Å²) in [6.07, 6.45) is 1.60. The van der Waals surface area contributed by atoms with Crippen molar-refractivity contribution in [2.24, 2.45) is 5.73 Å². The van der Waals surface area contributed by atoms with E-state index < -0.39 is 5.91 Å². The molecule has 0 aromatic carbocycles. The normalized spacial score (nSPS) is 9.20. The first-order chi connectivity index (χ1) is 4.72. The Morgan fingerprint density at radius 3 is 2.80 bits per heavy atom. The van der Waals surface area contributed by atoms with E-state index in [1.165, 1.54) is 0 Å². The molecule has 4 heteroatoms. The maximum absolute atomic E-state index is 10.6. The van der Waals surface area contributed by atoms with Crippen LogP contribution in [-0.2, 0) is 0 Å². The number of nitrogens with zero attached hydrogens (tertiary/aromatic N) is 1. The molecule has 1 amide bonds. The van der Waals surface area contributed by atoms with Gasteiger partial charge in [-0.2, -0.15) is 0 Å². The van der Waals surface area contributed by atoms with E-state index in [4.69, 9.17) is 5.73 Å². The van der Waals surface area contributed by atoms with Crippen LogP contribution in [0.5, 0.6) is 0 Å². The van der Waals surface area contributed by atoms with Crippen LogP contribution >= 0.6 is 0 Å². The Morgan fingerprint density at radius 2 is 2.40 bits per heavy atom. The molecule has 0 saturated carbocycles. The summed E-state index contributed by atoms with van der Waals surface area (Å²) < 4.78 is 0.551. The molecular weight excluding hydrogens is 195 g/mol. The molecule has 0 bridgehead atoms. The quantitative estimate of drug-likeness (QED) is 0.589. The van der Waals surface area contributed by atoms with Crippen molar-refractivity contribution in [1.82, 2.24) is 4.98 Å². The van der Waals surface area contributed by atoms with Gasteiger partial charge in [0.05, 0.1) is 0 Å². The molecule has 1 aromatic heterocycles. The van der Waals surface area contributed by atoms with Gasteiger partial charge in [0.15, 0.2) is 0 Å². The maximum atomic E-state index is 10.6. The average molecular weight is 200 g/mol. The molecule has 1 rings (SSSR count). The third-order valence-corrected chi connectivity index (χ3v) is 1.72. The molecule has 1 aromatic rings. The first-order valence-corrected chi connectivity index (χ1v) is 3.49. The van der Waals surface area contributed by atoms with Gasteiger partial charge in [-0.3, -0.25) is 0 Å². The Bertz CT molecular complexity index is 262. The second-order valence-corrected chi connectivity index (χ2v) is 2.53. The van der Waals surface area contributed by atoms with Gasteiger partial charge in [0.25, 0.3) is 0 Å². The number of hydrogen-bond donors (Lipinski definition) is 1. The van der Waals surface area contributed by atoms with Crippen LogP contribution in [0.3, 0.4) is 0 Å². The molecular formula is C6H5N2OSe. The fourth-order valence-corrected chi connectivity index (χ4v) is 1.06. The number of amides is 1. The molecule has 0 aliphatic heterocycles. The molecule has 0 unspecified atom stereocenters. The van der Waals surface area contributed by atoms with Crippen molar-refractivity contribution in [2.75, 3.05) is 0 Å². The summed E-state index contributed by atoms with van der Waals surface area (Å²) in [5.74, 6) is -0.457. The molecule has 0 atom stereocenters. The number of carbonyl (C=O) groups is 1. The number of rotatable bonds is 1. The van der Waals surface area contributed by atoms with Crippen LogP contribution in [0, 0.1) is 0 Å². The summed E-state index contributed by atoms with van der Waals surface area (Å²) in [5, 5.41) is 0. The fourth-order valence-electron chi connectivity index (χ4n) is 0.578. The zero-order valence-corrected chi connectivity index (χ0v) is 6.79. The van der Waals surface area contributed by atoms with Gasteiger partial charge in [0.2, 0.25) is 0 Å². The third-order valence-electron chi connectivity index (χ3n) is 1.04. The molecule has 1 radical (unpaired) electrons. The first-order valence-electron chi connectivity index (χ1n) is 2.63. The average Bonchev–Trinajstić information content (AvgIpc) is 1.88. The van der Waals surface area contributed by atoms with Crippen molar-refractivity contribution in [3.8, 4) is 0 Å². The number of pyridine rings is 1. The minimum absolute atomic E-state index is 0.433. The van der Waals surface area contributed by atoms with Crippen molar-refractivity contribution in [3.63, 3.8) is 0 Å². The second kappa shape index (κ2) is 2.82. The van der Waals surface area contributed by atoms with Gasteiger partial charge in [0.1, 0.15) is 0 Å². The predicted molar refractivity (Wildman–Crippen MR) is 38.1 cm³/mol. The van der Waals surface area contributed by atoms with Gasteiger partial charge in [-0.1, -0.05) is 0 Å². The summed E-state index contributed by atoms with van der Waals surface area (Å²) in [7, 11) is 0. The number of aromatic nitrogens is 1. The monoisotopic (exact) mass is 201 g/mol. The van der Waals surface area contributed by atoms with Gasteiger partial charge in [-0.05, 0) is 0 Å². The fraction of sp³-hybridized carbons (Fsp3) is 0. The predicted octanol–water partition coefficient (Wildman–Crippen LogP) is -1.03. The van der Waals surface area contributed by atoms with Crippen molar-refractivity contribution >= 4 is 26.5 Å². The SMILES string of the molecule is NC(=O)c1cccnc1[Se]. The van der Waals surface area contributed by atoms with Crippen LogP contribution in [0.15, 0.2) is 18.3 Å². The topological polar surface area (TPSA) is 56.0 Å². The minimum atomic E-state index is -0.457. The second-order valence-electron chi connectivity index (χ2n) is 1.72. The summed E-state index contributed by atoms with van der Waals surface area (Å²) in [6, 6.07) is 3.29. The van der Waals surface area contributed by atoms with Gasteiger partial charge in [-0.15, -0.1) is 0 Å². The van der Waals surface area contributed by atoms with E-state index in [0.717, 1.165) is 0 Å². The number of carbonyl (C=O) groups excluding carboxylic acids is 1. The standard InChI is InChI=1S/C6H5N2OSe/c7-5(9)4-2-1-3-8-6(4)10/h1-3H,(H2,7,9). The van der Waals surface area contributed by atoms with Crippen LogP contribution < -0.4 is 10.3 Å². The van der Waals surface area contributed by atoms with Crippen molar-refractivity contribution in [1.29, 1.82) is 0 Å². The van der Waals surface area contributed by atoms with E-state index in [1.807, 2.05) is 0 Å². The first kappa shape index (κ1) is 7.25. The van der Waals surface area contributed by atoms with E-state index in [2.05, 4.69) is 21.0 Å². The Balaban J connectivity index is 3.15. The van der Waals surface area contributed by atoms with E-state index in [9.17, 15) is 4.79 Å². The molecule has 3 nitrogen and oxygen atoms in total. The molecule has 0 spiro atoms. The molecule has 51 valence electrons. The van der Waals surface area contributed by atoms with Crippen molar-refractivity contribution in [3.05, 3.63) is 23.9 Å². The zero-order chi connectivity index (χ0) is 7.56. The van der Waals surface area contributed by atoms with Gasteiger partial charge in [0, 0.05) is 0 Å². The summed E-state index contributed by atoms with van der Waals surface area (Å²) in [5.41, 5.74) is 5.45. The van der Waals surface area contributed by atoms with Gasteiger partial charge in [-0.25, -0.2) is 0 Å². The van der Waals surface area contributed by atoms with Gasteiger partial charge < -0.3 is 0 Å². The molecule has 2 N–H and O–H groups in total. The summed E-state index contributed by atoms with van der Waals surface area (Å²) in [4.78, 5) is 14.4. The zero-order valence-electron chi connectivity index (χ0n) is 5.07. The van der Waals surface area contributed by atoms with Crippen LogP contribution in [-0.4, -0.2) is 26.9 Å². The van der Waals surface area contributed by atoms with Gasteiger partial charge >= 0.3 is 65.9 Å². The Labute approximate surface area is 66.5 Å². The molecule has 0 aliphatic rings. The number of primary amides is 1. The molecule has 10 heavy (non-hydrogen) atoms. The van der Waals surface area contributed by atoms with Crippen molar-refractivity contribution < 1.29 is 4.79 Å². The van der Waals surface area contributed by atoms with E-state index in [-0.39, 0.29) is 0 Å². The summed E-state index contributed by atoms with van der Waals surface area (Å²) >= 11 is 2.64. The van der Waals surface area contributed by atoms with E-state index in [0.29, 0.717) is 10.2 Å². The van der Waals surface area contributed by atoms with Crippen molar-refractivity contribution in [2.45, 2.75) is 0 Å². The Kier molecular flexibility index (Phi) is 2.04. The molecule has 0 saturated heterocycles. The molecule has 0 fully saturated rings. The number of hydrogen-bond acceptors (Lipinski definition) is 2. The van der Waals surface area contributed by atoms with Crippen LogP contribution in [0.4, 0.5) is 0 Å².